The average Bonchev–Trinajstić information content (AvgIpc) is 2.60. The zero-order valence-corrected chi connectivity index (χ0v) is 13.3. The van der Waals surface area contributed by atoms with Gasteiger partial charge in [-0.3, -0.25) is 4.79 Å². The summed E-state index contributed by atoms with van der Waals surface area (Å²) >= 11 is 1.42. The lowest BCUT2D eigenvalue weighted by atomic mass is 10.2. The van der Waals surface area contributed by atoms with Gasteiger partial charge < -0.3 is 14.8 Å². The van der Waals surface area contributed by atoms with Gasteiger partial charge in [-0.05, 0) is 30.3 Å². The molecular formula is C17H16N2O3S. The molecule has 1 amide bonds. The molecule has 0 fully saturated rings. The Hall–Kier alpha value is -2.47. The predicted octanol–water partition coefficient (Wildman–Crippen LogP) is 2.92. The van der Waals surface area contributed by atoms with Gasteiger partial charge in [-0.2, -0.15) is 0 Å². The van der Waals surface area contributed by atoms with Crippen molar-refractivity contribution in [3.63, 3.8) is 0 Å². The van der Waals surface area contributed by atoms with E-state index < -0.39 is 0 Å². The Balaban J connectivity index is 1.82. The Morgan fingerprint density at radius 1 is 1.30 bits per heavy atom. The summed E-state index contributed by atoms with van der Waals surface area (Å²) in [4.78, 5) is 17.4. The summed E-state index contributed by atoms with van der Waals surface area (Å²) in [7, 11) is 0. The monoisotopic (exact) mass is 328 g/mol. The topological polar surface area (TPSA) is 60.5 Å². The molecule has 0 aliphatic carbocycles. The molecular weight excluding hydrogens is 312 g/mol. The molecule has 0 saturated heterocycles. The van der Waals surface area contributed by atoms with Crippen molar-refractivity contribution in [2.45, 2.75) is 9.92 Å². The highest BCUT2D eigenvalue weighted by Gasteiger charge is 2.15. The molecule has 0 saturated carbocycles. The lowest BCUT2D eigenvalue weighted by Gasteiger charge is -2.18. The van der Waals surface area contributed by atoms with Gasteiger partial charge in [0.15, 0.2) is 11.5 Å². The molecule has 5 nitrogen and oxygen atoms in total. The van der Waals surface area contributed by atoms with Crippen LogP contribution in [0.4, 0.5) is 0 Å². The first-order valence-corrected chi connectivity index (χ1v) is 8.01. The van der Waals surface area contributed by atoms with Crippen LogP contribution < -0.4 is 14.8 Å². The van der Waals surface area contributed by atoms with E-state index in [0.717, 1.165) is 16.4 Å². The maximum Gasteiger partial charge on any atom is 0.254 e. The Morgan fingerprint density at radius 2 is 2.13 bits per heavy atom. The summed E-state index contributed by atoms with van der Waals surface area (Å²) in [6.45, 7) is 5.12. The maximum atomic E-state index is 12.2. The first kappa shape index (κ1) is 15.4. The maximum absolute atomic E-state index is 12.2. The highest BCUT2D eigenvalue weighted by Crippen LogP contribution is 2.37. The van der Waals surface area contributed by atoms with Gasteiger partial charge in [0.05, 0.1) is 5.56 Å². The quantitative estimate of drug-likeness (QED) is 0.855. The lowest BCUT2D eigenvalue weighted by molar-refractivity contribution is 0.0954. The highest BCUT2D eigenvalue weighted by atomic mass is 32.2. The van der Waals surface area contributed by atoms with E-state index in [1.807, 2.05) is 18.2 Å². The number of benzene rings is 1. The second kappa shape index (κ2) is 7.19. The summed E-state index contributed by atoms with van der Waals surface area (Å²) in [5.74, 6) is 1.29. The minimum Gasteiger partial charge on any atom is -0.486 e. The second-order valence-corrected chi connectivity index (χ2v) is 5.82. The summed E-state index contributed by atoms with van der Waals surface area (Å²) in [5.41, 5.74) is 0.536. The number of ether oxygens (including phenoxy) is 2. The third-order valence-electron chi connectivity index (χ3n) is 3.15. The fourth-order valence-corrected chi connectivity index (χ4v) is 3.01. The van der Waals surface area contributed by atoms with Crippen LogP contribution in [0.5, 0.6) is 11.5 Å². The van der Waals surface area contributed by atoms with Gasteiger partial charge in [-0.25, -0.2) is 4.98 Å². The van der Waals surface area contributed by atoms with E-state index in [4.69, 9.17) is 9.47 Å². The Morgan fingerprint density at radius 3 is 2.96 bits per heavy atom. The van der Waals surface area contributed by atoms with E-state index >= 15 is 0 Å². The number of hydrogen-bond donors (Lipinski definition) is 1. The number of amides is 1. The predicted molar refractivity (Wildman–Crippen MR) is 88.3 cm³/mol. The molecule has 0 spiro atoms. The van der Waals surface area contributed by atoms with E-state index in [0.29, 0.717) is 30.3 Å². The summed E-state index contributed by atoms with van der Waals surface area (Å²) < 4.78 is 11.1. The molecule has 1 aliphatic heterocycles. The summed E-state index contributed by atoms with van der Waals surface area (Å²) in [5, 5.41) is 3.41. The van der Waals surface area contributed by atoms with Crippen molar-refractivity contribution in [1.29, 1.82) is 0 Å². The van der Waals surface area contributed by atoms with Gasteiger partial charge in [0, 0.05) is 17.6 Å². The van der Waals surface area contributed by atoms with Crippen LogP contribution in [-0.2, 0) is 0 Å². The molecule has 118 valence electrons. The lowest BCUT2D eigenvalue weighted by Crippen LogP contribution is -2.24. The smallest absolute Gasteiger partial charge is 0.254 e. The van der Waals surface area contributed by atoms with E-state index in [-0.39, 0.29) is 5.91 Å². The van der Waals surface area contributed by atoms with Crippen LogP contribution in [0.2, 0.25) is 0 Å². The molecule has 6 heteroatoms. The van der Waals surface area contributed by atoms with Crippen LogP contribution in [0.25, 0.3) is 0 Å². The van der Waals surface area contributed by atoms with Gasteiger partial charge >= 0.3 is 0 Å². The third-order valence-corrected chi connectivity index (χ3v) is 4.16. The molecule has 23 heavy (non-hydrogen) atoms. The average molecular weight is 328 g/mol. The minimum absolute atomic E-state index is 0.168. The number of hydrogen-bond acceptors (Lipinski definition) is 5. The van der Waals surface area contributed by atoms with Crippen molar-refractivity contribution >= 4 is 17.7 Å². The molecule has 1 N–H and O–H groups in total. The second-order valence-electron chi connectivity index (χ2n) is 4.76. The van der Waals surface area contributed by atoms with Crippen molar-refractivity contribution in [2.24, 2.45) is 0 Å². The number of fused-ring (bicyclic) bond motifs is 1. The van der Waals surface area contributed by atoms with E-state index in [2.05, 4.69) is 16.9 Å². The molecule has 0 atom stereocenters. The Labute approximate surface area is 138 Å². The standard InChI is InChI=1S/C17H16N2O3S/c1-2-7-18-16(20)13-4-3-8-19-17(13)23-12-5-6-14-15(11-12)22-10-9-21-14/h2-6,8,11H,1,7,9-10H2,(H,18,20). The van der Waals surface area contributed by atoms with Crippen LogP contribution in [0.1, 0.15) is 10.4 Å². The molecule has 0 bridgehead atoms. The summed E-state index contributed by atoms with van der Waals surface area (Å²) in [6.07, 6.45) is 3.31. The minimum atomic E-state index is -0.168. The Kier molecular flexibility index (Phi) is 4.83. The van der Waals surface area contributed by atoms with Crippen LogP contribution in [0.15, 0.2) is 59.1 Å². The fraction of sp³-hybridized carbons (Fsp3) is 0.176. The number of pyridine rings is 1. The number of nitrogens with one attached hydrogen (secondary N) is 1. The van der Waals surface area contributed by atoms with Crippen molar-refractivity contribution in [3.8, 4) is 11.5 Å². The number of aromatic nitrogens is 1. The van der Waals surface area contributed by atoms with E-state index in [1.54, 1.807) is 24.4 Å². The van der Waals surface area contributed by atoms with Gasteiger partial charge in [0.1, 0.15) is 18.2 Å². The van der Waals surface area contributed by atoms with Gasteiger partial charge in [0.25, 0.3) is 5.91 Å². The molecule has 3 rings (SSSR count). The zero-order valence-electron chi connectivity index (χ0n) is 12.5. The van der Waals surface area contributed by atoms with Gasteiger partial charge in [-0.15, -0.1) is 6.58 Å². The first-order chi connectivity index (χ1) is 11.3. The van der Waals surface area contributed by atoms with Gasteiger partial charge in [-0.1, -0.05) is 17.8 Å². The number of rotatable bonds is 5. The van der Waals surface area contributed by atoms with E-state index in [1.165, 1.54) is 11.8 Å². The van der Waals surface area contributed by atoms with Crippen LogP contribution in [-0.4, -0.2) is 30.6 Å². The highest BCUT2D eigenvalue weighted by molar-refractivity contribution is 7.99. The normalized spacial score (nSPS) is 12.5. The third kappa shape index (κ3) is 3.65. The molecule has 1 aliphatic rings. The molecule has 0 radical (unpaired) electrons. The van der Waals surface area contributed by atoms with Gasteiger partial charge in [0.2, 0.25) is 0 Å². The van der Waals surface area contributed by atoms with Crippen molar-refractivity contribution in [3.05, 3.63) is 54.7 Å². The van der Waals surface area contributed by atoms with Crippen molar-refractivity contribution < 1.29 is 14.3 Å². The summed E-state index contributed by atoms with van der Waals surface area (Å²) in [6, 6.07) is 9.21. The SMILES string of the molecule is C=CCNC(=O)c1cccnc1Sc1ccc2c(c1)OCCO2. The molecule has 2 heterocycles. The van der Waals surface area contributed by atoms with Crippen molar-refractivity contribution in [1.82, 2.24) is 10.3 Å². The molecule has 1 aromatic heterocycles. The number of nitrogens with zero attached hydrogens (tertiary/aromatic N) is 1. The molecule has 2 aromatic rings. The van der Waals surface area contributed by atoms with Crippen LogP contribution >= 0.6 is 11.8 Å². The fourth-order valence-electron chi connectivity index (χ4n) is 2.10. The van der Waals surface area contributed by atoms with Crippen LogP contribution in [0.3, 0.4) is 0 Å². The molecule has 0 unspecified atom stereocenters. The van der Waals surface area contributed by atoms with Crippen molar-refractivity contribution in [2.75, 3.05) is 19.8 Å². The van der Waals surface area contributed by atoms with Crippen LogP contribution in [0, 0.1) is 0 Å². The molecule has 1 aromatic carbocycles. The Bertz CT molecular complexity index is 734. The largest absolute Gasteiger partial charge is 0.486 e. The number of carbonyl (C=O) groups excluding carboxylic acids is 1. The van der Waals surface area contributed by atoms with E-state index in [9.17, 15) is 4.79 Å². The zero-order chi connectivity index (χ0) is 16.1. The first-order valence-electron chi connectivity index (χ1n) is 7.19. The number of carbonyl (C=O) groups is 1.